The topological polar surface area (TPSA) is 65.2 Å². The Morgan fingerprint density at radius 2 is 2.26 bits per heavy atom. The Balaban J connectivity index is 1.81. The van der Waals surface area contributed by atoms with Crippen molar-refractivity contribution in [2.75, 3.05) is 0 Å². The summed E-state index contributed by atoms with van der Waals surface area (Å²) in [5.41, 5.74) is 1.78. The number of nitrogens with zero attached hydrogens (tertiary/aromatic N) is 2. The van der Waals surface area contributed by atoms with Crippen molar-refractivity contribution in [1.29, 1.82) is 0 Å². The quantitative estimate of drug-likeness (QED) is 0.846. The first kappa shape index (κ1) is 11.9. The van der Waals surface area contributed by atoms with Gasteiger partial charge in [0.2, 0.25) is 11.7 Å². The third kappa shape index (κ3) is 2.36. The van der Waals surface area contributed by atoms with E-state index in [1.807, 2.05) is 18.2 Å². The van der Waals surface area contributed by atoms with E-state index in [4.69, 9.17) is 9.26 Å². The van der Waals surface area contributed by atoms with Crippen LogP contribution in [0.15, 0.2) is 22.7 Å². The minimum absolute atomic E-state index is 0.196. The third-order valence-electron chi connectivity index (χ3n) is 3.19. The molecule has 0 unspecified atom stereocenters. The van der Waals surface area contributed by atoms with Crippen LogP contribution in [0.2, 0.25) is 0 Å². The van der Waals surface area contributed by atoms with E-state index in [0.29, 0.717) is 18.1 Å². The van der Waals surface area contributed by atoms with Crippen molar-refractivity contribution in [1.82, 2.24) is 10.1 Å². The number of hydrogen-bond donors (Lipinski definition) is 0. The van der Waals surface area contributed by atoms with Crippen LogP contribution in [0.3, 0.4) is 0 Å². The van der Waals surface area contributed by atoms with Gasteiger partial charge in [-0.05, 0) is 18.9 Å². The summed E-state index contributed by atoms with van der Waals surface area (Å²) in [7, 11) is 0. The second-order valence-electron chi connectivity index (χ2n) is 4.58. The number of ether oxygens (including phenoxy) is 1. The predicted molar refractivity (Wildman–Crippen MR) is 67.1 cm³/mol. The predicted octanol–water partition coefficient (Wildman–Crippen LogP) is 2.48. The van der Waals surface area contributed by atoms with Crippen LogP contribution in [-0.4, -0.2) is 15.9 Å². The monoisotopic (exact) mass is 258 g/mol. The van der Waals surface area contributed by atoms with Crippen molar-refractivity contribution in [2.24, 2.45) is 0 Å². The van der Waals surface area contributed by atoms with Crippen LogP contribution >= 0.6 is 0 Å². The van der Waals surface area contributed by atoms with Gasteiger partial charge in [-0.3, -0.25) is 4.79 Å². The van der Waals surface area contributed by atoms with Gasteiger partial charge >= 0.3 is 0 Å². The van der Waals surface area contributed by atoms with E-state index in [9.17, 15) is 4.79 Å². The van der Waals surface area contributed by atoms with Crippen molar-refractivity contribution >= 4 is 5.78 Å². The van der Waals surface area contributed by atoms with Crippen molar-refractivity contribution in [3.05, 3.63) is 41.0 Å². The fraction of sp³-hybridized carbons (Fsp3) is 0.357. The summed E-state index contributed by atoms with van der Waals surface area (Å²) < 4.78 is 10.6. The Kier molecular flexibility index (Phi) is 3.03. The second-order valence-corrected chi connectivity index (χ2v) is 4.58. The Morgan fingerprint density at radius 1 is 1.37 bits per heavy atom. The van der Waals surface area contributed by atoms with Crippen molar-refractivity contribution in [2.45, 2.75) is 32.8 Å². The number of benzene rings is 1. The molecule has 19 heavy (non-hydrogen) atoms. The van der Waals surface area contributed by atoms with Crippen LogP contribution in [0.5, 0.6) is 5.75 Å². The van der Waals surface area contributed by atoms with E-state index >= 15 is 0 Å². The molecule has 0 saturated carbocycles. The highest BCUT2D eigenvalue weighted by Crippen LogP contribution is 2.29. The van der Waals surface area contributed by atoms with Gasteiger partial charge in [-0.25, -0.2) is 0 Å². The number of rotatable bonds is 3. The van der Waals surface area contributed by atoms with Gasteiger partial charge in [-0.1, -0.05) is 17.3 Å². The average Bonchev–Trinajstić information content (AvgIpc) is 2.83. The lowest BCUT2D eigenvalue weighted by Crippen LogP contribution is -2.12. The summed E-state index contributed by atoms with van der Waals surface area (Å²) in [4.78, 5) is 15.9. The Bertz CT molecular complexity index is 619. The molecule has 2 aromatic rings. The summed E-state index contributed by atoms with van der Waals surface area (Å²) in [6, 6.07) is 5.59. The van der Waals surface area contributed by atoms with Crippen LogP contribution < -0.4 is 4.74 Å². The van der Waals surface area contributed by atoms with E-state index in [-0.39, 0.29) is 12.4 Å². The Labute approximate surface area is 110 Å². The molecule has 0 N–H and O–H groups in total. The van der Waals surface area contributed by atoms with Gasteiger partial charge in [-0.15, -0.1) is 0 Å². The first-order valence-corrected chi connectivity index (χ1v) is 6.31. The first-order valence-electron chi connectivity index (χ1n) is 6.31. The van der Waals surface area contributed by atoms with Crippen LogP contribution in [0, 0.1) is 6.92 Å². The van der Waals surface area contributed by atoms with Crippen LogP contribution in [0.25, 0.3) is 0 Å². The number of aromatic nitrogens is 2. The largest absolute Gasteiger partial charge is 0.485 e. The van der Waals surface area contributed by atoms with Crippen molar-refractivity contribution in [3.8, 4) is 5.75 Å². The maximum Gasteiger partial charge on any atom is 0.223 e. The lowest BCUT2D eigenvalue weighted by atomic mass is 9.90. The van der Waals surface area contributed by atoms with E-state index in [2.05, 4.69) is 10.1 Å². The van der Waals surface area contributed by atoms with Gasteiger partial charge in [-0.2, -0.15) is 4.98 Å². The fourth-order valence-electron chi connectivity index (χ4n) is 2.32. The summed E-state index contributed by atoms with van der Waals surface area (Å²) in [5, 5.41) is 3.78. The average molecular weight is 258 g/mol. The third-order valence-corrected chi connectivity index (χ3v) is 3.19. The zero-order valence-corrected chi connectivity index (χ0v) is 10.7. The van der Waals surface area contributed by atoms with E-state index in [0.717, 1.165) is 29.7 Å². The highest BCUT2D eigenvalue weighted by molar-refractivity contribution is 5.99. The molecule has 0 amide bonds. The molecule has 1 aliphatic rings. The van der Waals surface area contributed by atoms with Gasteiger partial charge in [0, 0.05) is 24.5 Å². The van der Waals surface area contributed by atoms with Gasteiger partial charge < -0.3 is 9.26 Å². The molecule has 5 nitrogen and oxygen atoms in total. The molecule has 98 valence electrons. The fourth-order valence-corrected chi connectivity index (χ4v) is 2.32. The SMILES string of the molecule is Cc1nc(COc2cccc3c2CCCC3=O)no1. The molecule has 0 bridgehead atoms. The molecular weight excluding hydrogens is 244 g/mol. The van der Waals surface area contributed by atoms with Gasteiger partial charge in [0.25, 0.3) is 0 Å². The van der Waals surface area contributed by atoms with Gasteiger partial charge in [0.05, 0.1) is 0 Å². The van der Waals surface area contributed by atoms with Gasteiger partial charge in [0.15, 0.2) is 12.4 Å². The van der Waals surface area contributed by atoms with Crippen LogP contribution in [0.1, 0.15) is 40.5 Å². The van der Waals surface area contributed by atoms with Crippen LogP contribution in [-0.2, 0) is 13.0 Å². The smallest absolute Gasteiger partial charge is 0.223 e. The number of Topliss-reactive ketones (excluding diaryl/α,β-unsaturated/α-hetero) is 1. The molecule has 3 rings (SSSR count). The zero-order chi connectivity index (χ0) is 13.2. The zero-order valence-electron chi connectivity index (χ0n) is 10.7. The lowest BCUT2D eigenvalue weighted by molar-refractivity contribution is 0.0971. The Hall–Kier alpha value is -2.17. The summed E-state index contributed by atoms with van der Waals surface area (Å²) in [5.74, 6) is 1.97. The molecule has 5 heteroatoms. The number of carbonyl (C=O) groups is 1. The van der Waals surface area contributed by atoms with Crippen molar-refractivity contribution in [3.63, 3.8) is 0 Å². The number of ketones is 1. The van der Waals surface area contributed by atoms with Gasteiger partial charge in [0.1, 0.15) is 5.75 Å². The van der Waals surface area contributed by atoms with Crippen LogP contribution in [0.4, 0.5) is 0 Å². The molecule has 0 fully saturated rings. The highest BCUT2D eigenvalue weighted by Gasteiger charge is 2.20. The minimum Gasteiger partial charge on any atom is -0.485 e. The molecule has 1 aliphatic carbocycles. The minimum atomic E-state index is 0.196. The molecule has 0 saturated heterocycles. The number of aryl methyl sites for hydroxylation is 1. The number of fused-ring (bicyclic) bond motifs is 1. The molecule has 1 aromatic carbocycles. The van der Waals surface area contributed by atoms with E-state index in [1.165, 1.54) is 0 Å². The maximum absolute atomic E-state index is 11.8. The van der Waals surface area contributed by atoms with E-state index < -0.39 is 0 Å². The molecule has 1 aromatic heterocycles. The summed E-state index contributed by atoms with van der Waals surface area (Å²) in [6.45, 7) is 1.99. The van der Waals surface area contributed by atoms with Crippen molar-refractivity contribution < 1.29 is 14.1 Å². The normalized spacial score (nSPS) is 14.3. The Morgan fingerprint density at radius 3 is 3.05 bits per heavy atom. The lowest BCUT2D eigenvalue weighted by Gasteiger charge is -2.18. The van der Waals surface area contributed by atoms with E-state index in [1.54, 1.807) is 6.92 Å². The highest BCUT2D eigenvalue weighted by atomic mass is 16.5. The molecule has 0 atom stereocenters. The number of hydrogen-bond acceptors (Lipinski definition) is 5. The summed E-state index contributed by atoms with van der Waals surface area (Å²) in [6.07, 6.45) is 2.39. The maximum atomic E-state index is 11.8. The molecular formula is C14H14N2O3. The summed E-state index contributed by atoms with van der Waals surface area (Å²) >= 11 is 0. The second kappa shape index (κ2) is 4.84. The number of carbonyl (C=O) groups excluding carboxylic acids is 1. The standard InChI is InChI=1S/C14H14N2O3/c1-9-15-14(16-19-9)8-18-13-7-3-4-10-11(13)5-2-6-12(10)17/h3-4,7H,2,5-6,8H2,1H3. The molecule has 0 radical (unpaired) electrons. The molecule has 0 aliphatic heterocycles. The molecule has 1 heterocycles. The molecule has 0 spiro atoms. The first-order chi connectivity index (χ1) is 9.24.